The second-order valence-corrected chi connectivity index (χ2v) is 22.0. The average Bonchev–Trinajstić information content (AvgIpc) is 3.42. The molecular weight excluding hydrogens is 937 g/mol. The molecule has 1 unspecified atom stereocenters. The van der Waals surface area contributed by atoms with Crippen LogP contribution in [0, 0.1) is 0 Å². The van der Waals surface area contributed by atoms with Crippen LogP contribution in [-0.4, -0.2) is 37.2 Å². The fourth-order valence-corrected chi connectivity index (χ4v) is 9.53. The van der Waals surface area contributed by atoms with Gasteiger partial charge in [-0.15, -0.1) is 0 Å². The number of rotatable bonds is 60. The van der Waals surface area contributed by atoms with Crippen molar-refractivity contribution in [3.63, 3.8) is 0 Å². The number of ether oxygens (including phenoxy) is 3. The minimum atomic E-state index is -0.777. The van der Waals surface area contributed by atoms with Crippen molar-refractivity contribution in [3.05, 3.63) is 72.9 Å². The Morgan fingerprint density at radius 2 is 0.513 bits per heavy atom. The Morgan fingerprint density at radius 3 is 0.803 bits per heavy atom. The quantitative estimate of drug-likeness (QED) is 0.0261. The molecule has 0 aliphatic rings. The highest BCUT2D eigenvalue weighted by Crippen LogP contribution is 2.17. The molecule has 0 aromatic carbocycles. The predicted octanol–water partition coefficient (Wildman–Crippen LogP) is 22.5. The summed E-state index contributed by atoms with van der Waals surface area (Å²) in [6.07, 6.45) is 83.7. The van der Waals surface area contributed by atoms with Gasteiger partial charge in [0.2, 0.25) is 0 Å². The first-order chi connectivity index (χ1) is 37.5. The van der Waals surface area contributed by atoms with Crippen LogP contribution < -0.4 is 0 Å². The fourth-order valence-electron chi connectivity index (χ4n) is 9.53. The predicted molar refractivity (Wildman–Crippen MR) is 330 cm³/mol. The van der Waals surface area contributed by atoms with E-state index in [9.17, 15) is 14.4 Å². The second-order valence-electron chi connectivity index (χ2n) is 22.0. The number of hydrogen-bond donors (Lipinski definition) is 0. The van der Waals surface area contributed by atoms with Crippen LogP contribution in [0.2, 0.25) is 0 Å². The maximum atomic E-state index is 12.9. The molecule has 0 aliphatic heterocycles. The van der Waals surface area contributed by atoms with Crippen molar-refractivity contribution < 1.29 is 28.6 Å². The molecular formula is C70H124O6. The van der Waals surface area contributed by atoms with E-state index in [0.717, 1.165) is 96.3 Å². The zero-order chi connectivity index (χ0) is 55.0. The van der Waals surface area contributed by atoms with E-state index in [0.29, 0.717) is 19.3 Å². The first-order valence-corrected chi connectivity index (χ1v) is 32.9. The van der Waals surface area contributed by atoms with Crippen molar-refractivity contribution in [2.75, 3.05) is 13.2 Å². The zero-order valence-corrected chi connectivity index (χ0v) is 50.5. The van der Waals surface area contributed by atoms with Gasteiger partial charge >= 0.3 is 17.9 Å². The van der Waals surface area contributed by atoms with Crippen LogP contribution in [0.4, 0.5) is 0 Å². The van der Waals surface area contributed by atoms with Crippen LogP contribution in [0.5, 0.6) is 0 Å². The molecule has 0 aromatic heterocycles. The minimum Gasteiger partial charge on any atom is -0.462 e. The number of carbonyl (C=O) groups excluding carboxylic acids is 3. The smallest absolute Gasteiger partial charge is 0.306 e. The van der Waals surface area contributed by atoms with Crippen LogP contribution in [-0.2, 0) is 28.6 Å². The molecule has 0 N–H and O–H groups in total. The van der Waals surface area contributed by atoms with Crippen molar-refractivity contribution in [2.45, 2.75) is 341 Å². The Kier molecular flexibility index (Phi) is 61.7. The molecule has 0 fully saturated rings. The van der Waals surface area contributed by atoms with Crippen LogP contribution in [0.1, 0.15) is 335 Å². The van der Waals surface area contributed by atoms with E-state index >= 15 is 0 Å². The van der Waals surface area contributed by atoms with Crippen LogP contribution >= 0.6 is 0 Å². The van der Waals surface area contributed by atoms with E-state index in [-0.39, 0.29) is 31.1 Å². The largest absolute Gasteiger partial charge is 0.462 e. The molecule has 1 atom stereocenters. The molecule has 0 radical (unpaired) electrons. The second kappa shape index (κ2) is 64.4. The SMILES string of the molecule is CC/C=C\C/C=C\C/C=C\C/C=C\CCCCCCCCCCC(=O)OC(COC(=O)CCCCCCCCCC)COC(=O)CCCCCCCCCCCCCCCCCCC/C=C\C/C=C\CCCCCCC. The third-order valence-electron chi connectivity index (χ3n) is 14.4. The van der Waals surface area contributed by atoms with Gasteiger partial charge in [0, 0.05) is 19.3 Å². The standard InChI is InChI=1S/C70H124O6/c1-4-7-10-13-16-19-21-23-25-27-29-31-32-33-34-35-36-37-38-40-41-43-45-47-49-51-54-57-60-63-69(72)75-66-67(65-74-68(71)62-59-56-53-18-15-12-9-6-3)76-70(73)64-61-58-55-52-50-48-46-44-42-39-30-28-26-24-22-20-17-14-11-8-5-2/h8,11,17,20-21,23-24,26-27,29-30,39,67H,4-7,9-10,12-16,18-19,22,25,28,31-38,40-66H2,1-3H3/b11-8-,20-17-,23-21-,26-24-,29-27-,39-30-. The summed E-state index contributed by atoms with van der Waals surface area (Å²) < 4.78 is 16.9. The molecule has 76 heavy (non-hydrogen) atoms. The van der Waals surface area contributed by atoms with E-state index in [1.54, 1.807) is 0 Å². The fraction of sp³-hybridized carbons (Fsp3) is 0.786. The first-order valence-electron chi connectivity index (χ1n) is 32.9. The third kappa shape index (κ3) is 61.7. The van der Waals surface area contributed by atoms with Crippen molar-refractivity contribution >= 4 is 17.9 Å². The Balaban J connectivity index is 4.11. The molecule has 6 heteroatoms. The van der Waals surface area contributed by atoms with Crippen molar-refractivity contribution in [1.29, 1.82) is 0 Å². The van der Waals surface area contributed by atoms with Crippen molar-refractivity contribution in [1.82, 2.24) is 0 Å². The van der Waals surface area contributed by atoms with Gasteiger partial charge in [0.1, 0.15) is 13.2 Å². The molecule has 6 nitrogen and oxygen atoms in total. The normalized spacial score (nSPS) is 12.5. The number of hydrogen-bond acceptors (Lipinski definition) is 6. The molecule has 0 bridgehead atoms. The lowest BCUT2D eigenvalue weighted by Gasteiger charge is -2.18. The summed E-state index contributed by atoms with van der Waals surface area (Å²) in [5, 5.41) is 0. The maximum absolute atomic E-state index is 12.9. The highest BCUT2D eigenvalue weighted by atomic mass is 16.6. The summed E-state index contributed by atoms with van der Waals surface area (Å²) in [7, 11) is 0. The van der Waals surface area contributed by atoms with Gasteiger partial charge in [-0.1, -0.05) is 299 Å². The van der Waals surface area contributed by atoms with E-state index in [1.165, 1.54) is 199 Å². The van der Waals surface area contributed by atoms with Crippen LogP contribution in [0.25, 0.3) is 0 Å². The highest BCUT2D eigenvalue weighted by molar-refractivity contribution is 5.71. The topological polar surface area (TPSA) is 78.9 Å². The Labute approximate surface area is 472 Å². The van der Waals surface area contributed by atoms with Crippen LogP contribution in [0.3, 0.4) is 0 Å². The first kappa shape index (κ1) is 72.8. The molecule has 440 valence electrons. The van der Waals surface area contributed by atoms with E-state index in [2.05, 4.69) is 93.7 Å². The van der Waals surface area contributed by atoms with E-state index in [4.69, 9.17) is 14.2 Å². The van der Waals surface area contributed by atoms with Gasteiger partial charge in [0.15, 0.2) is 6.10 Å². The summed E-state index contributed by atoms with van der Waals surface area (Å²) >= 11 is 0. The summed E-state index contributed by atoms with van der Waals surface area (Å²) in [6.45, 7) is 6.52. The molecule has 0 saturated carbocycles. The summed E-state index contributed by atoms with van der Waals surface area (Å²) in [5.74, 6) is -0.873. The van der Waals surface area contributed by atoms with Crippen molar-refractivity contribution in [2.24, 2.45) is 0 Å². The van der Waals surface area contributed by atoms with Crippen LogP contribution in [0.15, 0.2) is 72.9 Å². The molecule has 0 heterocycles. The Hall–Kier alpha value is -3.15. The highest BCUT2D eigenvalue weighted by Gasteiger charge is 2.19. The van der Waals surface area contributed by atoms with E-state index in [1.807, 2.05) is 0 Å². The molecule has 0 rings (SSSR count). The summed E-state index contributed by atoms with van der Waals surface area (Å²) in [5.41, 5.74) is 0. The molecule has 0 amide bonds. The van der Waals surface area contributed by atoms with Gasteiger partial charge in [-0.05, 0) is 89.9 Å². The number of allylic oxidation sites excluding steroid dienone is 12. The van der Waals surface area contributed by atoms with Gasteiger partial charge in [-0.3, -0.25) is 14.4 Å². The lowest BCUT2D eigenvalue weighted by atomic mass is 10.0. The zero-order valence-electron chi connectivity index (χ0n) is 50.5. The molecule has 0 aliphatic carbocycles. The lowest BCUT2D eigenvalue weighted by molar-refractivity contribution is -0.167. The van der Waals surface area contributed by atoms with Crippen molar-refractivity contribution in [3.8, 4) is 0 Å². The van der Waals surface area contributed by atoms with Gasteiger partial charge in [0.25, 0.3) is 0 Å². The molecule has 0 spiro atoms. The van der Waals surface area contributed by atoms with Gasteiger partial charge in [-0.2, -0.15) is 0 Å². The number of unbranched alkanes of at least 4 members (excludes halogenated alkanes) is 37. The average molecular weight is 1060 g/mol. The maximum Gasteiger partial charge on any atom is 0.306 e. The summed E-state index contributed by atoms with van der Waals surface area (Å²) in [4.78, 5) is 38.2. The molecule has 0 saturated heterocycles. The summed E-state index contributed by atoms with van der Waals surface area (Å²) in [6, 6.07) is 0. The minimum absolute atomic E-state index is 0.0752. The lowest BCUT2D eigenvalue weighted by Crippen LogP contribution is -2.30. The number of esters is 3. The monoisotopic (exact) mass is 1060 g/mol. The number of carbonyl (C=O) groups is 3. The van der Waals surface area contributed by atoms with Gasteiger partial charge in [0.05, 0.1) is 0 Å². The van der Waals surface area contributed by atoms with Gasteiger partial charge in [-0.25, -0.2) is 0 Å². The Morgan fingerprint density at radius 1 is 0.276 bits per heavy atom. The Bertz CT molecular complexity index is 1400. The molecule has 0 aromatic rings. The van der Waals surface area contributed by atoms with Gasteiger partial charge < -0.3 is 14.2 Å². The van der Waals surface area contributed by atoms with E-state index < -0.39 is 6.10 Å². The third-order valence-corrected chi connectivity index (χ3v) is 14.4.